The van der Waals surface area contributed by atoms with E-state index >= 15 is 0 Å². The maximum atomic E-state index is 12.7. The molecular formula is C25H14Cl2O5. The molecule has 32 heavy (non-hydrogen) atoms. The van der Waals surface area contributed by atoms with Crippen LogP contribution in [-0.4, -0.2) is 0 Å². The molecule has 0 unspecified atom stereocenters. The van der Waals surface area contributed by atoms with E-state index in [0.29, 0.717) is 49.9 Å². The number of halogens is 2. The molecule has 0 bridgehead atoms. The molecule has 0 atom stereocenters. The van der Waals surface area contributed by atoms with Crippen LogP contribution in [0.4, 0.5) is 0 Å². The minimum atomic E-state index is -0.590. The lowest BCUT2D eigenvalue weighted by Crippen LogP contribution is -2.06. The Bertz CT molecular complexity index is 1580. The molecule has 0 aliphatic heterocycles. The second-order valence-electron chi connectivity index (χ2n) is 7.18. The molecule has 5 aromatic rings. The number of ether oxygens (including phenoxy) is 1. The molecule has 0 amide bonds. The van der Waals surface area contributed by atoms with Gasteiger partial charge in [0.15, 0.2) is 0 Å². The molecule has 0 radical (unpaired) electrons. The predicted molar refractivity (Wildman–Crippen MR) is 125 cm³/mol. The van der Waals surface area contributed by atoms with Crippen molar-refractivity contribution in [3.63, 3.8) is 0 Å². The van der Waals surface area contributed by atoms with Crippen LogP contribution in [0.5, 0.6) is 5.75 Å². The number of rotatable bonds is 4. The Morgan fingerprint density at radius 1 is 0.719 bits per heavy atom. The summed E-state index contributed by atoms with van der Waals surface area (Å²) in [5.41, 5.74) is 1.16. The first kappa shape index (κ1) is 20.4. The Balaban J connectivity index is 1.56. The van der Waals surface area contributed by atoms with E-state index in [4.69, 9.17) is 36.8 Å². The molecule has 0 aliphatic carbocycles. The van der Waals surface area contributed by atoms with Crippen molar-refractivity contribution in [3.8, 4) is 16.9 Å². The van der Waals surface area contributed by atoms with Gasteiger partial charge < -0.3 is 13.6 Å². The lowest BCUT2D eigenvalue weighted by Gasteiger charge is -2.09. The van der Waals surface area contributed by atoms with Gasteiger partial charge in [0.25, 0.3) is 0 Å². The third kappa shape index (κ3) is 4.00. The average Bonchev–Trinajstić information content (AvgIpc) is 2.78. The summed E-state index contributed by atoms with van der Waals surface area (Å²) >= 11 is 12.0. The number of benzene rings is 3. The van der Waals surface area contributed by atoms with E-state index in [1.807, 2.05) is 12.1 Å². The molecule has 5 rings (SSSR count). The molecule has 2 heterocycles. The summed E-state index contributed by atoms with van der Waals surface area (Å²) in [7, 11) is 0. The summed E-state index contributed by atoms with van der Waals surface area (Å²) in [6, 6.07) is 20.3. The number of hydrogen-bond acceptors (Lipinski definition) is 5. The quantitative estimate of drug-likeness (QED) is 0.285. The maximum Gasteiger partial charge on any atom is 0.344 e. The van der Waals surface area contributed by atoms with Gasteiger partial charge in [0, 0.05) is 38.5 Å². The molecule has 5 nitrogen and oxygen atoms in total. The minimum absolute atomic E-state index is 0.243. The maximum absolute atomic E-state index is 12.7. The summed E-state index contributed by atoms with van der Waals surface area (Å²) in [6.45, 7) is 0.321. The third-order valence-corrected chi connectivity index (χ3v) is 5.51. The Hall–Kier alpha value is -3.54. The molecule has 0 N–H and O–H groups in total. The molecule has 0 saturated carbocycles. The zero-order valence-corrected chi connectivity index (χ0v) is 17.9. The SMILES string of the molecule is O=c1cc(-c2cc3cc(Cl)ccc3oc2=O)c2ccc(OCc3ccc(Cl)cc3)cc2o1. The van der Waals surface area contributed by atoms with Crippen LogP contribution in [0.25, 0.3) is 33.1 Å². The lowest BCUT2D eigenvalue weighted by molar-refractivity contribution is 0.306. The molecule has 0 fully saturated rings. The van der Waals surface area contributed by atoms with E-state index in [-0.39, 0.29) is 5.56 Å². The molecule has 0 saturated heterocycles. The van der Waals surface area contributed by atoms with Crippen molar-refractivity contribution in [2.45, 2.75) is 6.61 Å². The Labute approximate surface area is 191 Å². The van der Waals surface area contributed by atoms with Gasteiger partial charge in [-0.15, -0.1) is 0 Å². The van der Waals surface area contributed by atoms with Crippen molar-refractivity contribution >= 4 is 45.1 Å². The Morgan fingerprint density at radius 3 is 2.31 bits per heavy atom. The largest absolute Gasteiger partial charge is 0.489 e. The average molecular weight is 465 g/mol. The highest BCUT2D eigenvalue weighted by molar-refractivity contribution is 6.31. The van der Waals surface area contributed by atoms with Crippen molar-refractivity contribution in [2.24, 2.45) is 0 Å². The fraction of sp³-hybridized carbons (Fsp3) is 0.0400. The van der Waals surface area contributed by atoms with E-state index < -0.39 is 11.3 Å². The zero-order valence-electron chi connectivity index (χ0n) is 16.4. The van der Waals surface area contributed by atoms with Gasteiger partial charge in [-0.3, -0.25) is 0 Å². The van der Waals surface area contributed by atoms with Gasteiger partial charge >= 0.3 is 11.3 Å². The molecule has 158 valence electrons. The van der Waals surface area contributed by atoms with Crippen LogP contribution in [0.2, 0.25) is 10.0 Å². The van der Waals surface area contributed by atoms with Gasteiger partial charge in [-0.1, -0.05) is 35.3 Å². The van der Waals surface area contributed by atoms with Gasteiger partial charge in [0.1, 0.15) is 23.5 Å². The fourth-order valence-electron chi connectivity index (χ4n) is 3.49. The van der Waals surface area contributed by atoms with Gasteiger partial charge in [-0.2, -0.15) is 0 Å². The zero-order chi connectivity index (χ0) is 22.2. The van der Waals surface area contributed by atoms with Crippen molar-refractivity contribution in [2.75, 3.05) is 0 Å². The molecule has 3 aromatic carbocycles. The topological polar surface area (TPSA) is 69.7 Å². The monoisotopic (exact) mass is 464 g/mol. The molecule has 7 heteroatoms. The highest BCUT2D eigenvalue weighted by Gasteiger charge is 2.14. The van der Waals surface area contributed by atoms with Crippen molar-refractivity contribution in [1.29, 1.82) is 0 Å². The van der Waals surface area contributed by atoms with Crippen LogP contribution in [0.15, 0.2) is 91.2 Å². The standard InChI is InChI=1S/C25H14Cl2O5/c26-16-3-1-14(2-4-16)13-30-18-6-7-19-20(12-24(28)31-23(19)11-18)21-10-15-9-17(27)5-8-22(15)32-25(21)29/h1-12H,13H2. The highest BCUT2D eigenvalue weighted by Crippen LogP contribution is 2.30. The Kier molecular flexibility index (Phi) is 5.21. The molecule has 0 spiro atoms. The van der Waals surface area contributed by atoms with Crippen LogP contribution < -0.4 is 16.0 Å². The number of fused-ring (bicyclic) bond motifs is 2. The first-order valence-corrected chi connectivity index (χ1v) is 10.4. The van der Waals surface area contributed by atoms with E-state index in [9.17, 15) is 9.59 Å². The van der Waals surface area contributed by atoms with E-state index in [2.05, 4.69) is 0 Å². The summed E-state index contributed by atoms with van der Waals surface area (Å²) < 4.78 is 16.6. The highest BCUT2D eigenvalue weighted by atomic mass is 35.5. The summed E-state index contributed by atoms with van der Waals surface area (Å²) in [5, 5.41) is 2.39. The Morgan fingerprint density at radius 2 is 1.50 bits per heavy atom. The van der Waals surface area contributed by atoms with Crippen LogP contribution in [-0.2, 0) is 6.61 Å². The van der Waals surface area contributed by atoms with Crippen LogP contribution in [0.1, 0.15) is 5.56 Å². The second kappa shape index (κ2) is 8.19. The van der Waals surface area contributed by atoms with E-state index in [0.717, 1.165) is 5.56 Å². The van der Waals surface area contributed by atoms with Crippen LogP contribution in [0.3, 0.4) is 0 Å². The molecule has 2 aromatic heterocycles. The predicted octanol–water partition coefficient (Wildman–Crippen LogP) is 6.45. The fourth-order valence-corrected chi connectivity index (χ4v) is 3.79. The van der Waals surface area contributed by atoms with Gasteiger partial charge in [-0.05, 0) is 54.1 Å². The summed E-state index contributed by atoms with van der Waals surface area (Å²) in [5.74, 6) is 0.519. The van der Waals surface area contributed by atoms with Crippen molar-refractivity contribution < 1.29 is 13.6 Å². The third-order valence-electron chi connectivity index (χ3n) is 5.02. The summed E-state index contributed by atoms with van der Waals surface area (Å²) in [6.07, 6.45) is 0. The van der Waals surface area contributed by atoms with Crippen molar-refractivity contribution in [3.05, 3.63) is 109 Å². The number of hydrogen-bond donors (Lipinski definition) is 0. The van der Waals surface area contributed by atoms with E-state index in [1.54, 1.807) is 54.6 Å². The van der Waals surface area contributed by atoms with E-state index in [1.165, 1.54) is 6.07 Å². The van der Waals surface area contributed by atoms with Crippen LogP contribution in [0, 0.1) is 0 Å². The van der Waals surface area contributed by atoms with Crippen LogP contribution >= 0.6 is 23.2 Å². The van der Waals surface area contributed by atoms with Gasteiger partial charge in [-0.25, -0.2) is 9.59 Å². The first-order valence-electron chi connectivity index (χ1n) is 9.65. The second-order valence-corrected chi connectivity index (χ2v) is 8.05. The minimum Gasteiger partial charge on any atom is -0.489 e. The smallest absolute Gasteiger partial charge is 0.344 e. The van der Waals surface area contributed by atoms with Gasteiger partial charge in [0.05, 0.1) is 5.56 Å². The molecular weight excluding hydrogens is 451 g/mol. The first-order chi connectivity index (χ1) is 15.5. The summed E-state index contributed by atoms with van der Waals surface area (Å²) in [4.78, 5) is 24.9. The van der Waals surface area contributed by atoms with Gasteiger partial charge in [0.2, 0.25) is 0 Å². The normalized spacial score (nSPS) is 11.2. The lowest BCUT2D eigenvalue weighted by atomic mass is 10.0. The van der Waals surface area contributed by atoms with Crippen molar-refractivity contribution in [1.82, 2.24) is 0 Å². The molecule has 0 aliphatic rings.